The number of Topliss-reactive ketones (excluding diaryl/α,β-unsaturated/α-hetero) is 1. The Hall–Kier alpha value is -2.95. The number of ketones is 2. The van der Waals surface area contributed by atoms with E-state index in [1.54, 1.807) is 13.0 Å². The van der Waals surface area contributed by atoms with Crippen molar-refractivity contribution in [3.63, 3.8) is 0 Å². The average molecular weight is 354 g/mol. The highest BCUT2D eigenvalue weighted by atomic mass is 16.5. The van der Waals surface area contributed by atoms with E-state index in [9.17, 15) is 14.4 Å². The molecule has 0 saturated carbocycles. The second-order valence-electron chi connectivity index (χ2n) is 6.15. The van der Waals surface area contributed by atoms with Gasteiger partial charge in [0.25, 0.3) is 0 Å². The molecule has 136 valence electrons. The van der Waals surface area contributed by atoms with E-state index >= 15 is 0 Å². The highest BCUT2D eigenvalue weighted by Crippen LogP contribution is 2.19. The van der Waals surface area contributed by atoms with E-state index in [0.717, 1.165) is 11.1 Å². The molecule has 5 heteroatoms. The van der Waals surface area contributed by atoms with E-state index in [0.29, 0.717) is 18.6 Å². The minimum atomic E-state index is -0.731. The van der Waals surface area contributed by atoms with E-state index in [2.05, 4.69) is 0 Å². The van der Waals surface area contributed by atoms with E-state index in [1.165, 1.54) is 19.1 Å². The molecule has 0 N–H and O–H groups in total. The third kappa shape index (κ3) is 5.55. The molecule has 0 aliphatic rings. The largest absolute Gasteiger partial charge is 0.492 e. The van der Waals surface area contributed by atoms with Crippen molar-refractivity contribution < 1.29 is 18.7 Å². The molecule has 5 nitrogen and oxygen atoms in total. The molecule has 1 heterocycles. The third-order valence-electron chi connectivity index (χ3n) is 3.68. The number of ether oxygens (including phenoxy) is 1. The number of rotatable bonds is 8. The maximum absolute atomic E-state index is 12.5. The number of carbonyl (C=O) groups excluding carboxylic acids is 2. The van der Waals surface area contributed by atoms with Crippen molar-refractivity contribution in [1.82, 2.24) is 0 Å². The van der Waals surface area contributed by atoms with Crippen molar-refractivity contribution >= 4 is 17.6 Å². The summed E-state index contributed by atoms with van der Waals surface area (Å²) in [5, 5.41) is 0. The Labute approximate surface area is 152 Å². The number of carbonyl (C=O) groups is 2. The molecule has 0 aliphatic carbocycles. The fourth-order valence-corrected chi connectivity index (χ4v) is 2.45. The summed E-state index contributed by atoms with van der Waals surface area (Å²) in [5.41, 5.74) is 1.07. The summed E-state index contributed by atoms with van der Waals surface area (Å²) in [6.45, 7) is 5.32. The van der Waals surface area contributed by atoms with Gasteiger partial charge in [-0.3, -0.25) is 4.79 Å². The van der Waals surface area contributed by atoms with Crippen molar-refractivity contribution in [1.29, 1.82) is 0 Å². The van der Waals surface area contributed by atoms with Gasteiger partial charge >= 0.3 is 5.63 Å². The molecule has 2 aromatic rings. The zero-order valence-corrected chi connectivity index (χ0v) is 15.2. The lowest BCUT2D eigenvalue weighted by atomic mass is 10.1. The molecule has 0 aliphatic heterocycles. The number of allylic oxidation sites excluding steroid dienone is 1. The molecule has 1 aromatic heterocycles. The summed E-state index contributed by atoms with van der Waals surface area (Å²) in [6.07, 6.45) is 3.88. The van der Waals surface area contributed by atoms with Crippen LogP contribution in [0.25, 0.3) is 6.08 Å². The summed E-state index contributed by atoms with van der Waals surface area (Å²) in [5.74, 6) is 0.119. The maximum atomic E-state index is 12.5. The SMILES string of the molecule is CC(=O)CCCOc1cc(C)oc(=O)c1C(=O)C=Cc1cccc(C)c1. The van der Waals surface area contributed by atoms with E-state index < -0.39 is 11.4 Å². The molecule has 0 atom stereocenters. The number of hydrogen-bond donors (Lipinski definition) is 0. The summed E-state index contributed by atoms with van der Waals surface area (Å²) < 4.78 is 10.6. The van der Waals surface area contributed by atoms with Crippen LogP contribution in [-0.2, 0) is 4.79 Å². The molecular weight excluding hydrogens is 332 g/mol. The minimum Gasteiger partial charge on any atom is -0.492 e. The first kappa shape index (κ1) is 19.4. The Balaban J connectivity index is 2.22. The van der Waals surface area contributed by atoms with Gasteiger partial charge in [0.1, 0.15) is 22.9 Å². The van der Waals surface area contributed by atoms with Crippen molar-refractivity contribution in [3.8, 4) is 5.75 Å². The fourth-order valence-electron chi connectivity index (χ4n) is 2.45. The van der Waals surface area contributed by atoms with E-state index in [4.69, 9.17) is 9.15 Å². The van der Waals surface area contributed by atoms with Gasteiger partial charge in [0.15, 0.2) is 5.78 Å². The second kappa shape index (κ2) is 8.94. The van der Waals surface area contributed by atoms with Gasteiger partial charge in [-0.2, -0.15) is 0 Å². The first-order chi connectivity index (χ1) is 12.4. The summed E-state index contributed by atoms with van der Waals surface area (Å²) in [6, 6.07) is 9.17. The lowest BCUT2D eigenvalue weighted by Crippen LogP contribution is -2.16. The first-order valence-electron chi connectivity index (χ1n) is 8.43. The first-order valence-corrected chi connectivity index (χ1v) is 8.43. The zero-order chi connectivity index (χ0) is 19.1. The standard InChI is InChI=1S/C21H22O5/c1-14-6-4-8-17(12-14)9-10-18(23)20-19(13-16(3)26-21(20)24)25-11-5-7-15(2)22/h4,6,8-10,12-13H,5,7,11H2,1-3H3. The summed E-state index contributed by atoms with van der Waals surface area (Å²) in [7, 11) is 0. The van der Waals surface area contributed by atoms with E-state index in [1.807, 2.05) is 31.2 Å². The van der Waals surface area contributed by atoms with Gasteiger partial charge < -0.3 is 13.9 Å². The van der Waals surface area contributed by atoms with Crippen LogP contribution in [0.15, 0.2) is 45.6 Å². The molecule has 0 amide bonds. The normalized spacial score (nSPS) is 10.9. The second-order valence-corrected chi connectivity index (χ2v) is 6.15. The Morgan fingerprint density at radius 1 is 1.19 bits per heavy atom. The Bertz CT molecular complexity index is 890. The molecule has 1 aromatic carbocycles. The van der Waals surface area contributed by atoms with Gasteiger partial charge in [-0.1, -0.05) is 35.9 Å². The Morgan fingerprint density at radius 2 is 1.96 bits per heavy atom. The average Bonchev–Trinajstić information content (AvgIpc) is 2.56. The number of benzene rings is 1. The van der Waals surface area contributed by atoms with Crippen LogP contribution in [-0.4, -0.2) is 18.2 Å². The van der Waals surface area contributed by atoms with Crippen molar-refractivity contribution in [2.75, 3.05) is 6.61 Å². The van der Waals surface area contributed by atoms with Crippen molar-refractivity contribution in [2.45, 2.75) is 33.6 Å². The molecule has 0 saturated heterocycles. The van der Waals surface area contributed by atoms with Crippen LogP contribution in [0, 0.1) is 13.8 Å². The van der Waals surface area contributed by atoms with Gasteiger partial charge in [-0.25, -0.2) is 4.79 Å². The molecule has 2 rings (SSSR count). The van der Waals surface area contributed by atoms with Crippen LogP contribution >= 0.6 is 0 Å². The highest BCUT2D eigenvalue weighted by molar-refractivity contribution is 6.08. The van der Waals surface area contributed by atoms with Crippen LogP contribution in [0.1, 0.15) is 47.0 Å². The number of hydrogen-bond acceptors (Lipinski definition) is 5. The molecular formula is C21H22O5. The van der Waals surface area contributed by atoms with Gasteiger partial charge in [0.05, 0.1) is 6.61 Å². The van der Waals surface area contributed by atoms with Gasteiger partial charge in [0.2, 0.25) is 0 Å². The molecule has 0 bridgehead atoms. The summed E-state index contributed by atoms with van der Waals surface area (Å²) >= 11 is 0. The quantitative estimate of drug-likeness (QED) is 0.408. The Morgan fingerprint density at radius 3 is 2.65 bits per heavy atom. The predicted octanol–water partition coefficient (Wildman–Crippen LogP) is 3.90. The highest BCUT2D eigenvalue weighted by Gasteiger charge is 2.18. The topological polar surface area (TPSA) is 73.6 Å². The molecule has 26 heavy (non-hydrogen) atoms. The maximum Gasteiger partial charge on any atom is 0.351 e. The fraction of sp³-hybridized carbons (Fsp3) is 0.286. The molecule has 0 unspecified atom stereocenters. The predicted molar refractivity (Wildman–Crippen MR) is 99.7 cm³/mol. The minimum absolute atomic E-state index is 0.0646. The van der Waals surface area contributed by atoms with Crippen LogP contribution in [0.5, 0.6) is 5.75 Å². The third-order valence-corrected chi connectivity index (χ3v) is 3.68. The van der Waals surface area contributed by atoms with Gasteiger partial charge in [-0.05, 0) is 38.8 Å². The van der Waals surface area contributed by atoms with Crippen LogP contribution in [0.4, 0.5) is 0 Å². The smallest absolute Gasteiger partial charge is 0.351 e. The van der Waals surface area contributed by atoms with Crippen LogP contribution in [0.2, 0.25) is 0 Å². The van der Waals surface area contributed by atoms with Crippen LogP contribution in [0.3, 0.4) is 0 Å². The Kier molecular flexibility index (Phi) is 6.67. The molecule has 0 spiro atoms. The van der Waals surface area contributed by atoms with E-state index in [-0.39, 0.29) is 23.7 Å². The van der Waals surface area contributed by atoms with Crippen molar-refractivity contribution in [2.24, 2.45) is 0 Å². The lowest BCUT2D eigenvalue weighted by molar-refractivity contribution is -0.117. The lowest BCUT2D eigenvalue weighted by Gasteiger charge is -2.09. The number of aryl methyl sites for hydroxylation is 2. The molecule has 0 fully saturated rings. The molecule has 0 radical (unpaired) electrons. The van der Waals surface area contributed by atoms with Crippen LogP contribution < -0.4 is 10.4 Å². The zero-order valence-electron chi connectivity index (χ0n) is 15.2. The van der Waals surface area contributed by atoms with Crippen molar-refractivity contribution in [3.05, 3.63) is 69.3 Å². The summed E-state index contributed by atoms with van der Waals surface area (Å²) in [4.78, 5) is 35.7. The van der Waals surface area contributed by atoms with Gasteiger partial charge in [-0.15, -0.1) is 0 Å². The van der Waals surface area contributed by atoms with Gasteiger partial charge in [0, 0.05) is 12.5 Å². The monoisotopic (exact) mass is 354 g/mol.